The average Bonchev–Trinajstić information content (AvgIpc) is 3.13. The Morgan fingerprint density at radius 3 is 3.00 bits per heavy atom. The minimum Gasteiger partial charge on any atom is -0.331 e. The highest BCUT2D eigenvalue weighted by molar-refractivity contribution is 7.09. The maximum Gasteiger partial charge on any atom is 0.320 e. The summed E-state index contributed by atoms with van der Waals surface area (Å²) in [5.74, 6) is 0.607. The lowest BCUT2D eigenvalue weighted by molar-refractivity contribution is 0.251. The van der Waals surface area contributed by atoms with Crippen LogP contribution in [-0.4, -0.2) is 35.0 Å². The molecule has 1 aliphatic carbocycles. The lowest BCUT2D eigenvalue weighted by Gasteiger charge is -2.07. The van der Waals surface area contributed by atoms with Crippen molar-refractivity contribution in [2.45, 2.75) is 32.4 Å². The largest absolute Gasteiger partial charge is 0.331 e. The van der Waals surface area contributed by atoms with Crippen molar-refractivity contribution in [2.24, 2.45) is 0 Å². The van der Waals surface area contributed by atoms with Gasteiger partial charge in [-0.05, 0) is 45.0 Å². The van der Waals surface area contributed by atoms with Crippen LogP contribution in [0, 0.1) is 0 Å². The molecule has 7 heteroatoms. The van der Waals surface area contributed by atoms with Gasteiger partial charge in [-0.15, -0.1) is 11.3 Å². The van der Waals surface area contributed by atoms with Crippen LogP contribution in [0.1, 0.15) is 28.4 Å². The minimum absolute atomic E-state index is 0.250. The number of carbonyl (C=O) groups excluding carboxylic acids is 1. The van der Waals surface area contributed by atoms with Gasteiger partial charge in [-0.1, -0.05) is 6.07 Å². The number of nitrogens with zero attached hydrogens (tertiary/aromatic N) is 3. The zero-order valence-electron chi connectivity index (χ0n) is 13.4. The molecule has 0 radical (unpaired) electrons. The number of aryl methyl sites for hydroxylation is 2. The molecule has 2 aromatic heterocycles. The molecule has 23 heavy (non-hydrogen) atoms. The van der Waals surface area contributed by atoms with Gasteiger partial charge in [0.25, 0.3) is 0 Å². The number of aromatic nitrogens is 2. The number of nitrogens with one attached hydrogen (secondary N) is 2. The summed E-state index contributed by atoms with van der Waals surface area (Å²) in [6, 6.07) is 3.67. The molecule has 122 valence electrons. The van der Waals surface area contributed by atoms with Crippen LogP contribution in [0.4, 0.5) is 10.6 Å². The first-order chi connectivity index (χ1) is 11.1. The van der Waals surface area contributed by atoms with Crippen molar-refractivity contribution in [3.63, 3.8) is 0 Å². The summed E-state index contributed by atoms with van der Waals surface area (Å²) < 4.78 is 0. The van der Waals surface area contributed by atoms with Gasteiger partial charge in [-0.2, -0.15) is 0 Å². The molecule has 0 atom stereocenters. The fourth-order valence-corrected chi connectivity index (χ4v) is 3.36. The van der Waals surface area contributed by atoms with Gasteiger partial charge in [0, 0.05) is 17.6 Å². The second kappa shape index (κ2) is 7.06. The van der Waals surface area contributed by atoms with E-state index in [9.17, 15) is 4.79 Å². The Hall–Kier alpha value is -1.99. The molecule has 0 bridgehead atoms. The topological polar surface area (TPSA) is 70.2 Å². The van der Waals surface area contributed by atoms with Gasteiger partial charge in [-0.3, -0.25) is 5.32 Å². The molecular weight excluding hydrogens is 310 g/mol. The van der Waals surface area contributed by atoms with E-state index in [1.165, 1.54) is 5.56 Å². The number of carbonyl (C=O) groups is 1. The van der Waals surface area contributed by atoms with Gasteiger partial charge in [-0.25, -0.2) is 14.8 Å². The zero-order valence-corrected chi connectivity index (χ0v) is 14.2. The number of hydrogen-bond donors (Lipinski definition) is 2. The van der Waals surface area contributed by atoms with Crippen LogP contribution in [0.5, 0.6) is 0 Å². The van der Waals surface area contributed by atoms with E-state index in [0.29, 0.717) is 12.4 Å². The Bertz CT molecular complexity index is 698. The van der Waals surface area contributed by atoms with Crippen LogP contribution < -0.4 is 10.6 Å². The SMILES string of the molecule is CN(C)Cc1csc(CNC(=O)Nc2ccc3c(n2)CCC3)n1. The van der Waals surface area contributed by atoms with E-state index < -0.39 is 0 Å². The molecule has 0 unspecified atom stereocenters. The fourth-order valence-electron chi connectivity index (χ4n) is 2.63. The Labute approximate surface area is 140 Å². The van der Waals surface area contributed by atoms with Crippen molar-refractivity contribution in [1.82, 2.24) is 20.2 Å². The van der Waals surface area contributed by atoms with Crippen LogP contribution in [0.25, 0.3) is 0 Å². The second-order valence-corrected chi connectivity index (χ2v) is 6.88. The molecule has 2 aromatic rings. The number of urea groups is 1. The molecule has 0 fully saturated rings. The van der Waals surface area contributed by atoms with Crippen molar-refractivity contribution in [3.05, 3.63) is 39.5 Å². The summed E-state index contributed by atoms with van der Waals surface area (Å²) in [4.78, 5) is 23.0. The number of hydrogen-bond acceptors (Lipinski definition) is 5. The highest BCUT2D eigenvalue weighted by atomic mass is 32.1. The predicted molar refractivity (Wildman–Crippen MR) is 91.6 cm³/mol. The lowest BCUT2D eigenvalue weighted by atomic mass is 10.2. The predicted octanol–water partition coefficient (Wildman–Crippen LogP) is 2.41. The van der Waals surface area contributed by atoms with Crippen molar-refractivity contribution >= 4 is 23.2 Å². The number of thiazole rings is 1. The normalized spacial score (nSPS) is 13.2. The van der Waals surface area contributed by atoms with Crippen LogP contribution in [-0.2, 0) is 25.9 Å². The number of rotatable bonds is 5. The molecule has 2 N–H and O–H groups in total. The van der Waals surface area contributed by atoms with Gasteiger partial charge < -0.3 is 10.2 Å². The van der Waals surface area contributed by atoms with Crippen molar-refractivity contribution in [2.75, 3.05) is 19.4 Å². The van der Waals surface area contributed by atoms with Crippen molar-refractivity contribution < 1.29 is 4.79 Å². The van der Waals surface area contributed by atoms with Crippen LogP contribution in [0.2, 0.25) is 0 Å². The molecule has 0 spiro atoms. The van der Waals surface area contributed by atoms with E-state index in [4.69, 9.17) is 0 Å². The van der Waals surface area contributed by atoms with Crippen LogP contribution in [0.15, 0.2) is 17.5 Å². The third-order valence-corrected chi connectivity index (χ3v) is 4.55. The molecule has 0 saturated carbocycles. The van der Waals surface area contributed by atoms with E-state index in [-0.39, 0.29) is 6.03 Å². The smallest absolute Gasteiger partial charge is 0.320 e. The Morgan fingerprint density at radius 2 is 2.17 bits per heavy atom. The van der Waals surface area contributed by atoms with Gasteiger partial charge in [0.2, 0.25) is 0 Å². The highest BCUT2D eigenvalue weighted by Crippen LogP contribution is 2.21. The fraction of sp³-hybridized carbons (Fsp3) is 0.438. The first kappa shape index (κ1) is 15.9. The lowest BCUT2D eigenvalue weighted by Crippen LogP contribution is -2.28. The maximum absolute atomic E-state index is 12.0. The van der Waals surface area contributed by atoms with Crippen LogP contribution in [0.3, 0.4) is 0 Å². The summed E-state index contributed by atoms with van der Waals surface area (Å²) in [5, 5.41) is 8.54. The van der Waals surface area contributed by atoms with Gasteiger partial charge in [0.1, 0.15) is 10.8 Å². The van der Waals surface area contributed by atoms with E-state index in [0.717, 1.165) is 42.2 Å². The minimum atomic E-state index is -0.250. The Kier molecular flexibility index (Phi) is 4.88. The van der Waals surface area contributed by atoms with Gasteiger partial charge >= 0.3 is 6.03 Å². The summed E-state index contributed by atoms with van der Waals surface area (Å²) in [6.07, 6.45) is 3.24. The van der Waals surface area contributed by atoms with Crippen LogP contribution >= 0.6 is 11.3 Å². The van der Waals surface area contributed by atoms with Crippen molar-refractivity contribution in [3.8, 4) is 0 Å². The van der Waals surface area contributed by atoms with Gasteiger partial charge in [0.05, 0.1) is 12.2 Å². The number of pyridine rings is 1. The second-order valence-electron chi connectivity index (χ2n) is 5.93. The maximum atomic E-state index is 12.0. The molecule has 6 nitrogen and oxygen atoms in total. The molecular formula is C16H21N5OS. The third-order valence-electron chi connectivity index (χ3n) is 3.65. The first-order valence-corrected chi connectivity index (χ1v) is 8.60. The quantitative estimate of drug-likeness (QED) is 0.883. The van der Waals surface area contributed by atoms with E-state index in [1.54, 1.807) is 11.3 Å². The first-order valence-electron chi connectivity index (χ1n) is 7.72. The monoisotopic (exact) mass is 331 g/mol. The Balaban J connectivity index is 1.50. The number of amides is 2. The molecule has 3 rings (SSSR count). The molecule has 0 aromatic carbocycles. The number of anilines is 1. The third kappa shape index (κ3) is 4.27. The molecule has 2 heterocycles. The molecule has 0 aliphatic heterocycles. The average molecular weight is 331 g/mol. The standard InChI is InChI=1S/C16H21N5OS/c1-21(2)9-12-10-23-15(18-12)8-17-16(22)20-14-7-6-11-4-3-5-13(11)19-14/h6-7,10H,3-5,8-9H2,1-2H3,(H2,17,19,20,22). The van der Waals surface area contributed by atoms with Crippen molar-refractivity contribution in [1.29, 1.82) is 0 Å². The molecule has 1 aliphatic rings. The summed E-state index contributed by atoms with van der Waals surface area (Å²) in [7, 11) is 4.02. The molecule has 0 saturated heterocycles. The zero-order chi connectivity index (χ0) is 16.2. The van der Waals surface area contributed by atoms with Gasteiger partial charge in [0.15, 0.2) is 0 Å². The van der Waals surface area contributed by atoms with E-state index in [1.807, 2.05) is 25.5 Å². The molecule has 2 amide bonds. The van der Waals surface area contributed by atoms with E-state index >= 15 is 0 Å². The number of fused-ring (bicyclic) bond motifs is 1. The Morgan fingerprint density at radius 1 is 1.30 bits per heavy atom. The summed E-state index contributed by atoms with van der Waals surface area (Å²) >= 11 is 1.56. The summed E-state index contributed by atoms with van der Waals surface area (Å²) in [6.45, 7) is 1.23. The van der Waals surface area contributed by atoms with E-state index in [2.05, 4.69) is 31.6 Å². The summed E-state index contributed by atoms with van der Waals surface area (Å²) in [5.41, 5.74) is 3.43. The highest BCUT2D eigenvalue weighted by Gasteiger charge is 2.13.